The molecule has 0 heterocycles. The summed E-state index contributed by atoms with van der Waals surface area (Å²) in [6.45, 7) is 7.59. The van der Waals surface area contributed by atoms with Crippen LogP contribution in [0.2, 0.25) is 0 Å². The SMILES string of the molecule is CCOCCN(CC)C(=O)Nc1cccc(C(=O)O)c1C. The van der Waals surface area contributed by atoms with Gasteiger partial charge in [-0.15, -0.1) is 0 Å². The van der Waals surface area contributed by atoms with Crippen LogP contribution in [-0.4, -0.2) is 48.3 Å². The molecule has 0 aliphatic rings. The Kier molecular flexibility index (Phi) is 6.68. The predicted molar refractivity (Wildman–Crippen MR) is 80.9 cm³/mol. The van der Waals surface area contributed by atoms with Crippen molar-refractivity contribution < 1.29 is 19.4 Å². The lowest BCUT2D eigenvalue weighted by Crippen LogP contribution is -2.37. The Bertz CT molecular complexity index is 502. The maximum absolute atomic E-state index is 12.2. The Morgan fingerprint density at radius 3 is 2.62 bits per heavy atom. The third-order valence-electron chi connectivity index (χ3n) is 3.18. The Labute approximate surface area is 124 Å². The Morgan fingerprint density at radius 1 is 1.33 bits per heavy atom. The molecule has 0 aromatic heterocycles. The van der Waals surface area contributed by atoms with Crippen LogP contribution in [0.1, 0.15) is 29.8 Å². The molecule has 116 valence electrons. The molecule has 6 nitrogen and oxygen atoms in total. The second-order valence-electron chi connectivity index (χ2n) is 4.49. The second-order valence-corrected chi connectivity index (χ2v) is 4.49. The van der Waals surface area contributed by atoms with Gasteiger partial charge in [0.1, 0.15) is 0 Å². The topological polar surface area (TPSA) is 78.9 Å². The van der Waals surface area contributed by atoms with Gasteiger partial charge in [0.05, 0.1) is 12.2 Å². The van der Waals surface area contributed by atoms with Crippen molar-refractivity contribution in [3.63, 3.8) is 0 Å². The molecule has 0 unspecified atom stereocenters. The molecular weight excluding hydrogens is 272 g/mol. The summed E-state index contributed by atoms with van der Waals surface area (Å²) in [5, 5.41) is 11.8. The standard InChI is InChI=1S/C15H22N2O4/c1-4-17(9-10-21-5-2)15(20)16-13-8-6-7-12(11(13)3)14(18)19/h6-8H,4-5,9-10H2,1-3H3,(H,16,20)(H,18,19). The molecule has 0 saturated heterocycles. The summed E-state index contributed by atoms with van der Waals surface area (Å²) >= 11 is 0. The Balaban J connectivity index is 2.77. The number of aromatic carboxylic acids is 1. The number of amides is 2. The third kappa shape index (κ3) is 4.75. The average molecular weight is 294 g/mol. The first-order valence-corrected chi connectivity index (χ1v) is 6.97. The molecule has 0 radical (unpaired) electrons. The van der Waals surface area contributed by atoms with E-state index in [1.165, 1.54) is 6.07 Å². The zero-order chi connectivity index (χ0) is 15.8. The monoisotopic (exact) mass is 294 g/mol. The van der Waals surface area contributed by atoms with Gasteiger partial charge in [-0.05, 0) is 38.5 Å². The summed E-state index contributed by atoms with van der Waals surface area (Å²) in [5.74, 6) is -1.01. The second kappa shape index (κ2) is 8.26. The van der Waals surface area contributed by atoms with E-state index in [1.54, 1.807) is 24.0 Å². The summed E-state index contributed by atoms with van der Waals surface area (Å²) in [7, 11) is 0. The highest BCUT2D eigenvalue weighted by atomic mass is 16.5. The quantitative estimate of drug-likeness (QED) is 0.758. The van der Waals surface area contributed by atoms with Crippen LogP contribution in [0.3, 0.4) is 0 Å². The van der Waals surface area contributed by atoms with E-state index in [9.17, 15) is 9.59 Å². The molecule has 2 amide bonds. The Morgan fingerprint density at radius 2 is 2.05 bits per heavy atom. The van der Waals surface area contributed by atoms with E-state index >= 15 is 0 Å². The van der Waals surface area contributed by atoms with Crippen LogP contribution in [0.15, 0.2) is 18.2 Å². The number of likely N-dealkylation sites (N-methyl/N-ethyl adjacent to an activating group) is 1. The van der Waals surface area contributed by atoms with Gasteiger partial charge in [0.2, 0.25) is 0 Å². The van der Waals surface area contributed by atoms with Crippen LogP contribution in [0, 0.1) is 6.92 Å². The number of nitrogens with one attached hydrogen (secondary N) is 1. The van der Waals surface area contributed by atoms with Crippen molar-refractivity contribution in [2.75, 3.05) is 31.6 Å². The van der Waals surface area contributed by atoms with Crippen LogP contribution in [0.4, 0.5) is 10.5 Å². The first kappa shape index (κ1) is 17.0. The Hall–Kier alpha value is -2.08. The number of carboxylic acid groups (broad SMARTS) is 1. The normalized spacial score (nSPS) is 10.2. The number of carbonyl (C=O) groups excluding carboxylic acids is 1. The number of nitrogens with zero attached hydrogens (tertiary/aromatic N) is 1. The minimum Gasteiger partial charge on any atom is -0.478 e. The van der Waals surface area contributed by atoms with E-state index < -0.39 is 5.97 Å². The number of benzene rings is 1. The lowest BCUT2D eigenvalue weighted by molar-refractivity contribution is 0.0696. The number of ether oxygens (including phenoxy) is 1. The number of carbonyl (C=O) groups is 2. The zero-order valence-electron chi connectivity index (χ0n) is 12.7. The van der Waals surface area contributed by atoms with Crippen LogP contribution in [-0.2, 0) is 4.74 Å². The largest absolute Gasteiger partial charge is 0.478 e. The molecule has 21 heavy (non-hydrogen) atoms. The molecule has 2 N–H and O–H groups in total. The fraction of sp³-hybridized carbons (Fsp3) is 0.467. The number of anilines is 1. The van der Waals surface area contributed by atoms with Gasteiger partial charge in [0, 0.05) is 25.4 Å². The van der Waals surface area contributed by atoms with Gasteiger partial charge in [0.25, 0.3) is 0 Å². The third-order valence-corrected chi connectivity index (χ3v) is 3.18. The van der Waals surface area contributed by atoms with Gasteiger partial charge in [-0.1, -0.05) is 6.07 Å². The van der Waals surface area contributed by atoms with Crippen molar-refractivity contribution >= 4 is 17.7 Å². The summed E-state index contributed by atoms with van der Waals surface area (Å²) < 4.78 is 5.24. The number of carboxylic acids is 1. The fourth-order valence-electron chi connectivity index (χ4n) is 1.92. The summed E-state index contributed by atoms with van der Waals surface area (Å²) in [6, 6.07) is 4.56. The fourth-order valence-corrected chi connectivity index (χ4v) is 1.92. The smallest absolute Gasteiger partial charge is 0.336 e. The van der Waals surface area contributed by atoms with Crippen molar-refractivity contribution in [1.29, 1.82) is 0 Å². The van der Waals surface area contributed by atoms with Crippen LogP contribution in [0.5, 0.6) is 0 Å². The molecule has 0 aliphatic carbocycles. The van der Waals surface area contributed by atoms with Crippen molar-refractivity contribution in [3.05, 3.63) is 29.3 Å². The van der Waals surface area contributed by atoms with E-state index in [2.05, 4.69) is 5.32 Å². The van der Waals surface area contributed by atoms with E-state index in [0.29, 0.717) is 37.6 Å². The van der Waals surface area contributed by atoms with Crippen molar-refractivity contribution in [2.45, 2.75) is 20.8 Å². The number of rotatable bonds is 7. The van der Waals surface area contributed by atoms with Gasteiger partial charge < -0.3 is 20.1 Å². The average Bonchev–Trinajstić information content (AvgIpc) is 2.45. The van der Waals surface area contributed by atoms with E-state index in [1.807, 2.05) is 13.8 Å². The molecule has 0 bridgehead atoms. The van der Waals surface area contributed by atoms with Gasteiger partial charge in [-0.2, -0.15) is 0 Å². The summed E-state index contributed by atoms with van der Waals surface area (Å²) in [4.78, 5) is 24.9. The molecular formula is C15H22N2O4. The lowest BCUT2D eigenvalue weighted by Gasteiger charge is -2.22. The molecule has 1 aromatic carbocycles. The maximum Gasteiger partial charge on any atom is 0.336 e. The number of hydrogen-bond donors (Lipinski definition) is 2. The highest BCUT2D eigenvalue weighted by molar-refractivity contribution is 5.95. The molecule has 0 aliphatic heterocycles. The molecule has 0 spiro atoms. The lowest BCUT2D eigenvalue weighted by atomic mass is 10.1. The molecule has 1 aromatic rings. The molecule has 0 saturated carbocycles. The molecule has 0 fully saturated rings. The van der Waals surface area contributed by atoms with Gasteiger partial charge in [-0.25, -0.2) is 9.59 Å². The molecule has 6 heteroatoms. The van der Waals surface area contributed by atoms with Crippen LogP contribution in [0.25, 0.3) is 0 Å². The van der Waals surface area contributed by atoms with Crippen LogP contribution >= 0.6 is 0 Å². The van der Waals surface area contributed by atoms with E-state index in [-0.39, 0.29) is 11.6 Å². The van der Waals surface area contributed by atoms with Crippen molar-refractivity contribution in [1.82, 2.24) is 4.90 Å². The minimum absolute atomic E-state index is 0.185. The molecule has 0 atom stereocenters. The van der Waals surface area contributed by atoms with Gasteiger partial charge >= 0.3 is 12.0 Å². The maximum atomic E-state index is 12.2. The number of urea groups is 1. The van der Waals surface area contributed by atoms with Gasteiger partial charge in [0.15, 0.2) is 0 Å². The highest BCUT2D eigenvalue weighted by Gasteiger charge is 2.15. The minimum atomic E-state index is -1.01. The summed E-state index contributed by atoms with van der Waals surface area (Å²) in [6.07, 6.45) is 0. The van der Waals surface area contributed by atoms with Crippen molar-refractivity contribution in [3.8, 4) is 0 Å². The van der Waals surface area contributed by atoms with E-state index in [0.717, 1.165) is 0 Å². The van der Waals surface area contributed by atoms with Gasteiger partial charge in [-0.3, -0.25) is 0 Å². The predicted octanol–water partition coefficient (Wildman–Crippen LogP) is 2.58. The van der Waals surface area contributed by atoms with Crippen molar-refractivity contribution in [2.24, 2.45) is 0 Å². The highest BCUT2D eigenvalue weighted by Crippen LogP contribution is 2.19. The molecule has 1 rings (SSSR count). The number of hydrogen-bond acceptors (Lipinski definition) is 3. The first-order chi connectivity index (χ1) is 10.0. The zero-order valence-corrected chi connectivity index (χ0v) is 12.7. The van der Waals surface area contributed by atoms with Crippen LogP contribution < -0.4 is 5.32 Å². The first-order valence-electron chi connectivity index (χ1n) is 6.97. The van der Waals surface area contributed by atoms with E-state index in [4.69, 9.17) is 9.84 Å². The summed E-state index contributed by atoms with van der Waals surface area (Å²) in [5.41, 5.74) is 1.24.